The molecule has 0 amide bonds. The van der Waals surface area contributed by atoms with Crippen LogP contribution in [0.25, 0.3) is 0 Å². The van der Waals surface area contributed by atoms with Crippen LogP contribution in [0.3, 0.4) is 0 Å². The fourth-order valence-electron chi connectivity index (χ4n) is 2.11. The Morgan fingerprint density at radius 3 is 1.38 bits per heavy atom. The molecule has 0 radical (unpaired) electrons. The number of rotatable bonds is 12. The van der Waals surface area contributed by atoms with E-state index in [9.17, 15) is 18.0 Å². The Labute approximate surface area is 302 Å². The SMILES string of the molecule is CC(=O)OCC(N)=S.CC(=O)Oc1ccc(C(N)=S)cc1.COCC(N)=S.COS(=O)(=O)OCCS.COc1ccc(C(N)=S)cc1. The first-order valence-electron chi connectivity index (χ1n) is 12.6. The summed E-state index contributed by atoms with van der Waals surface area (Å²) in [6.07, 6.45) is 0. The van der Waals surface area contributed by atoms with E-state index in [0.29, 0.717) is 33.1 Å². The maximum absolute atomic E-state index is 10.6. The van der Waals surface area contributed by atoms with Crippen LogP contribution >= 0.6 is 61.5 Å². The van der Waals surface area contributed by atoms with Gasteiger partial charge in [0.1, 0.15) is 33.1 Å². The maximum Gasteiger partial charge on any atom is 0.399 e. The second-order valence-electron chi connectivity index (χ2n) is 7.84. The van der Waals surface area contributed by atoms with Crippen molar-refractivity contribution < 1.29 is 45.3 Å². The lowest BCUT2D eigenvalue weighted by Gasteiger charge is -2.01. The largest absolute Gasteiger partial charge is 0.497 e. The zero-order valence-electron chi connectivity index (χ0n) is 26.3. The molecule has 0 aromatic heterocycles. The third-order valence-electron chi connectivity index (χ3n) is 4.00. The van der Waals surface area contributed by atoms with Crippen molar-refractivity contribution in [3.63, 3.8) is 0 Å². The fraction of sp³-hybridized carbons (Fsp3) is 0.333. The first-order chi connectivity index (χ1) is 21.8. The van der Waals surface area contributed by atoms with Gasteiger partial charge in [0, 0.05) is 37.8 Å². The summed E-state index contributed by atoms with van der Waals surface area (Å²) in [4.78, 5) is 21.9. The summed E-state index contributed by atoms with van der Waals surface area (Å²) < 4.78 is 47.4. The normalized spacial score (nSPS) is 9.40. The fourth-order valence-corrected chi connectivity index (χ4v) is 3.16. The van der Waals surface area contributed by atoms with E-state index in [-0.39, 0.29) is 30.1 Å². The van der Waals surface area contributed by atoms with Crippen LogP contribution in [0.5, 0.6) is 11.5 Å². The number of carbonyl (C=O) groups excluding carboxylic acids is 2. The van der Waals surface area contributed by atoms with Crippen molar-refractivity contribution in [3.05, 3.63) is 59.7 Å². The van der Waals surface area contributed by atoms with Crippen LogP contribution in [0.4, 0.5) is 0 Å². The Morgan fingerprint density at radius 1 is 0.723 bits per heavy atom. The van der Waals surface area contributed by atoms with Crippen LogP contribution in [0, 0.1) is 0 Å². The summed E-state index contributed by atoms with van der Waals surface area (Å²) in [6.45, 7) is 3.12. The Kier molecular flexibility index (Phi) is 29.9. The summed E-state index contributed by atoms with van der Waals surface area (Å²) in [5.41, 5.74) is 22.4. The van der Waals surface area contributed by atoms with Crippen molar-refractivity contribution in [3.8, 4) is 11.5 Å². The van der Waals surface area contributed by atoms with Gasteiger partial charge in [0.15, 0.2) is 0 Å². The number of methoxy groups -OCH3 is 2. The molecule has 0 aliphatic carbocycles. The molecular weight excluding hydrogens is 733 g/mol. The molecule has 0 atom stereocenters. The number of benzene rings is 2. The smallest absolute Gasteiger partial charge is 0.399 e. The van der Waals surface area contributed by atoms with E-state index < -0.39 is 10.4 Å². The minimum atomic E-state index is -3.73. The molecule has 0 heterocycles. The molecule has 0 unspecified atom stereocenters. The Morgan fingerprint density at radius 2 is 1.15 bits per heavy atom. The third kappa shape index (κ3) is 32.6. The zero-order valence-corrected chi connectivity index (χ0v) is 31.3. The lowest BCUT2D eigenvalue weighted by Crippen LogP contribution is -2.17. The molecule has 264 valence electrons. The second kappa shape index (κ2) is 29.1. The van der Waals surface area contributed by atoms with Gasteiger partial charge in [-0.15, -0.1) is 0 Å². The lowest BCUT2D eigenvalue weighted by molar-refractivity contribution is -0.139. The Bertz CT molecular complexity index is 1350. The van der Waals surface area contributed by atoms with Gasteiger partial charge in [0.05, 0.1) is 32.4 Å². The average molecular weight is 773 g/mol. The van der Waals surface area contributed by atoms with Gasteiger partial charge in [-0.25, -0.2) is 4.18 Å². The number of nitrogens with two attached hydrogens (primary N) is 4. The number of ether oxygens (including phenoxy) is 4. The van der Waals surface area contributed by atoms with E-state index in [0.717, 1.165) is 24.0 Å². The van der Waals surface area contributed by atoms with Gasteiger partial charge >= 0.3 is 22.3 Å². The predicted octanol–water partition coefficient (Wildman–Crippen LogP) is 2.15. The highest BCUT2D eigenvalue weighted by molar-refractivity contribution is 7.82. The zero-order chi connectivity index (χ0) is 37.0. The van der Waals surface area contributed by atoms with Gasteiger partial charge < -0.3 is 41.9 Å². The molecule has 0 saturated heterocycles. The number of esters is 2. The predicted molar refractivity (Wildman–Crippen MR) is 200 cm³/mol. The molecule has 2 aromatic rings. The van der Waals surface area contributed by atoms with Crippen molar-refractivity contribution >= 4 is 104 Å². The molecule has 0 bridgehead atoms. The lowest BCUT2D eigenvalue weighted by atomic mass is 10.2. The first kappa shape index (κ1) is 48.3. The molecule has 8 N–H and O–H groups in total. The van der Waals surface area contributed by atoms with E-state index in [1.54, 1.807) is 38.5 Å². The van der Waals surface area contributed by atoms with Crippen LogP contribution < -0.4 is 32.4 Å². The van der Waals surface area contributed by atoms with Crippen molar-refractivity contribution in [2.75, 3.05) is 46.9 Å². The van der Waals surface area contributed by atoms with Crippen molar-refractivity contribution in [2.45, 2.75) is 13.8 Å². The summed E-state index contributed by atoms with van der Waals surface area (Å²) >= 11 is 22.1. The van der Waals surface area contributed by atoms with E-state index in [4.69, 9.17) is 56.8 Å². The van der Waals surface area contributed by atoms with Crippen molar-refractivity contribution in [1.29, 1.82) is 0 Å². The molecule has 20 heteroatoms. The summed E-state index contributed by atoms with van der Waals surface area (Å²) in [6, 6.07) is 14.0. The summed E-state index contributed by atoms with van der Waals surface area (Å²) in [5, 5.41) is 0. The first-order valence-corrected chi connectivity index (χ1v) is 16.2. The number of hydrogen-bond donors (Lipinski definition) is 5. The van der Waals surface area contributed by atoms with Crippen LogP contribution in [0.1, 0.15) is 25.0 Å². The highest BCUT2D eigenvalue weighted by Gasteiger charge is 2.06. The third-order valence-corrected chi connectivity index (χ3v) is 5.76. The molecule has 0 saturated carbocycles. The monoisotopic (exact) mass is 772 g/mol. The maximum atomic E-state index is 10.6. The molecule has 2 rings (SSSR count). The average Bonchev–Trinajstić information content (AvgIpc) is 3.00. The van der Waals surface area contributed by atoms with Crippen LogP contribution in [0.15, 0.2) is 48.5 Å². The standard InChI is InChI=1S/C9H9NO2S.C8H9NOS.C4H7NO2S.C3H7NOS.C3H8O4S2/c1-6(11)12-8-4-2-7(3-5-8)9(10)13;1-10-7-4-2-6(3-5-7)8(9)11;1-3(6)7-2-4(5)8;1-5-2-3(4)6;1-6-9(4,5)7-2-3-8/h2-5H,1H3,(H2,10,13);2-5H,1H3,(H2,9,11);2H2,1H3,(H2,5,8);2H2,1H3,(H2,4,6);8H,2-3H2,1H3. The molecule has 0 fully saturated rings. The molecule has 14 nitrogen and oxygen atoms in total. The molecule has 0 aliphatic rings. The van der Waals surface area contributed by atoms with Gasteiger partial charge in [-0.1, -0.05) is 48.9 Å². The molecule has 0 aliphatic heterocycles. The quantitative estimate of drug-likeness (QED) is 0.0901. The van der Waals surface area contributed by atoms with Gasteiger partial charge in [-0.3, -0.25) is 13.8 Å². The molecule has 2 aromatic carbocycles. The van der Waals surface area contributed by atoms with Crippen molar-refractivity contribution in [1.82, 2.24) is 0 Å². The second-order valence-corrected chi connectivity index (χ2v) is 11.6. The Balaban J connectivity index is -0.000000528. The number of carbonyl (C=O) groups is 2. The van der Waals surface area contributed by atoms with E-state index in [1.165, 1.54) is 13.8 Å². The topological polar surface area (TPSA) is 228 Å². The number of thiocarbonyl (C=S) groups is 4. The van der Waals surface area contributed by atoms with Gasteiger partial charge in [-0.05, 0) is 48.5 Å². The number of thiol groups is 1. The minimum absolute atomic E-state index is 0.0410. The molecule has 47 heavy (non-hydrogen) atoms. The summed E-state index contributed by atoms with van der Waals surface area (Å²) in [5.74, 6) is 0.946. The highest BCUT2D eigenvalue weighted by atomic mass is 32.3. The summed E-state index contributed by atoms with van der Waals surface area (Å²) in [7, 11) is 0.481. The van der Waals surface area contributed by atoms with Gasteiger partial charge in [0.2, 0.25) is 0 Å². The number of hydrogen-bond acceptors (Lipinski definition) is 15. The molecule has 0 spiro atoms. The molecular formula is C27H40N4O10S6. The van der Waals surface area contributed by atoms with E-state index in [2.05, 4.69) is 54.9 Å². The van der Waals surface area contributed by atoms with Crippen molar-refractivity contribution in [2.24, 2.45) is 22.9 Å². The minimum Gasteiger partial charge on any atom is -0.497 e. The van der Waals surface area contributed by atoms with Crippen LogP contribution in [0.2, 0.25) is 0 Å². The van der Waals surface area contributed by atoms with E-state index in [1.807, 2.05) is 24.3 Å². The van der Waals surface area contributed by atoms with E-state index >= 15 is 0 Å². The van der Waals surface area contributed by atoms with Crippen LogP contribution in [-0.4, -0.2) is 87.2 Å². The van der Waals surface area contributed by atoms with Gasteiger partial charge in [0.25, 0.3) is 0 Å². The van der Waals surface area contributed by atoms with Crippen LogP contribution in [-0.2, 0) is 37.8 Å². The Hall–Kier alpha value is -3.08. The van der Waals surface area contributed by atoms with Gasteiger partial charge in [-0.2, -0.15) is 21.0 Å². The highest BCUT2D eigenvalue weighted by Crippen LogP contribution is 2.12.